The Morgan fingerprint density at radius 3 is 2.38 bits per heavy atom. The summed E-state index contributed by atoms with van der Waals surface area (Å²) in [7, 11) is 3.85. The minimum Gasteiger partial charge on any atom is -0.481 e. The Labute approximate surface area is 303 Å². The number of nitrogens with zero attached hydrogens (tertiary/aromatic N) is 3. The molecule has 0 saturated carbocycles. The first-order valence-electron chi connectivity index (χ1n) is 18.4. The molecule has 0 unspecified atom stereocenters. The number of carboxylic acid groups (broad SMARTS) is 1. The van der Waals surface area contributed by atoms with Gasteiger partial charge in [0.2, 0.25) is 5.91 Å². The van der Waals surface area contributed by atoms with Gasteiger partial charge in [-0.3, -0.25) is 24.1 Å². The van der Waals surface area contributed by atoms with Crippen LogP contribution in [0, 0.1) is 23.7 Å². The Bertz CT molecular complexity index is 1380. The Balaban J connectivity index is 1.77. The summed E-state index contributed by atoms with van der Waals surface area (Å²) >= 11 is 1.35. The largest absolute Gasteiger partial charge is 0.481 e. The Morgan fingerprint density at radius 2 is 1.78 bits per heavy atom. The summed E-state index contributed by atoms with van der Waals surface area (Å²) in [6.07, 6.45) is 4.86. The third-order valence-corrected chi connectivity index (χ3v) is 11.3. The SMILES string of the molecule is CCO[C@H](C[C@H](C(C)C)N(C)C(=O)[C@@H](CC(=O)[C@H]1CCCCN1C)[C@H](C)CC)c1nc(C(=O)N[C@@H](Cc2ccccc2)C[C@H](C)C(=O)O)cs1. The Kier molecular flexibility index (Phi) is 16.5. The van der Waals surface area contributed by atoms with Gasteiger partial charge in [-0.15, -0.1) is 11.3 Å². The number of amides is 2. The van der Waals surface area contributed by atoms with Crippen LogP contribution in [0.1, 0.15) is 114 Å². The van der Waals surface area contributed by atoms with Gasteiger partial charge in [0.15, 0.2) is 5.78 Å². The van der Waals surface area contributed by atoms with Crippen LogP contribution in [0.2, 0.25) is 0 Å². The molecule has 1 aromatic carbocycles. The van der Waals surface area contributed by atoms with Gasteiger partial charge < -0.3 is 20.1 Å². The van der Waals surface area contributed by atoms with E-state index in [9.17, 15) is 24.3 Å². The molecule has 10 nitrogen and oxygen atoms in total. The van der Waals surface area contributed by atoms with Crippen LogP contribution in [-0.2, 0) is 25.5 Å². The molecule has 0 bridgehead atoms. The second-order valence-electron chi connectivity index (χ2n) is 14.5. The molecule has 2 heterocycles. The smallest absolute Gasteiger partial charge is 0.306 e. The van der Waals surface area contributed by atoms with Crippen LogP contribution in [0.3, 0.4) is 0 Å². The minimum absolute atomic E-state index is 0.0145. The van der Waals surface area contributed by atoms with E-state index >= 15 is 0 Å². The predicted octanol–water partition coefficient (Wildman–Crippen LogP) is 6.65. The third kappa shape index (κ3) is 11.7. The van der Waals surface area contributed by atoms with Crippen LogP contribution >= 0.6 is 11.3 Å². The molecule has 1 aliphatic rings. The highest BCUT2D eigenvalue weighted by Gasteiger charge is 2.37. The molecule has 3 rings (SSSR count). The van der Waals surface area contributed by atoms with E-state index in [0.29, 0.717) is 24.5 Å². The van der Waals surface area contributed by atoms with Crippen LogP contribution in [0.15, 0.2) is 35.7 Å². The van der Waals surface area contributed by atoms with Gasteiger partial charge in [0.25, 0.3) is 5.91 Å². The van der Waals surface area contributed by atoms with Crippen molar-refractivity contribution in [2.75, 3.05) is 27.2 Å². The molecule has 0 aliphatic carbocycles. The zero-order chi connectivity index (χ0) is 37.0. The number of aromatic nitrogens is 1. The number of Topliss-reactive ketones (excluding diaryl/α,β-unsaturated/α-hetero) is 1. The van der Waals surface area contributed by atoms with E-state index < -0.39 is 30.0 Å². The van der Waals surface area contributed by atoms with Crippen LogP contribution < -0.4 is 5.32 Å². The fourth-order valence-electron chi connectivity index (χ4n) is 7.03. The fraction of sp³-hybridized carbons (Fsp3) is 0.667. The number of piperidine rings is 1. The summed E-state index contributed by atoms with van der Waals surface area (Å²) in [6.45, 7) is 13.2. The second kappa shape index (κ2) is 20.0. The van der Waals surface area contributed by atoms with Crippen molar-refractivity contribution in [3.63, 3.8) is 0 Å². The van der Waals surface area contributed by atoms with Crippen molar-refractivity contribution >= 4 is 34.9 Å². The standard InChI is InChI=1S/C39H60N4O6S/c1-9-26(5)30(22-34(44)32-18-14-15-19-42(32)7)38(46)43(8)33(25(3)4)23-35(49-10-2)37-41-31(24-50-37)36(45)40-29(20-27(6)39(47)48)21-28-16-12-11-13-17-28/h11-13,16-17,24-27,29-30,32-33,35H,9-10,14-15,18-23H2,1-8H3,(H,40,45)(H,47,48)/t26-,27+,29-,30+,32-,33-,35-/m1/s1. The maximum atomic E-state index is 14.2. The van der Waals surface area contributed by atoms with Crippen LogP contribution in [0.4, 0.5) is 0 Å². The summed E-state index contributed by atoms with van der Waals surface area (Å²) < 4.78 is 6.21. The van der Waals surface area contributed by atoms with Gasteiger partial charge in [-0.05, 0) is 63.6 Å². The van der Waals surface area contributed by atoms with Crippen molar-refractivity contribution in [1.82, 2.24) is 20.1 Å². The van der Waals surface area contributed by atoms with Gasteiger partial charge in [-0.2, -0.15) is 0 Å². The average Bonchev–Trinajstić information content (AvgIpc) is 3.59. The van der Waals surface area contributed by atoms with Gasteiger partial charge in [0.1, 0.15) is 16.8 Å². The van der Waals surface area contributed by atoms with Gasteiger partial charge in [0.05, 0.1) is 12.0 Å². The van der Waals surface area contributed by atoms with Crippen molar-refractivity contribution in [2.24, 2.45) is 23.7 Å². The minimum atomic E-state index is -0.908. The van der Waals surface area contributed by atoms with Crippen molar-refractivity contribution in [2.45, 2.75) is 117 Å². The van der Waals surface area contributed by atoms with E-state index in [1.54, 1.807) is 12.3 Å². The van der Waals surface area contributed by atoms with Crippen molar-refractivity contribution in [1.29, 1.82) is 0 Å². The zero-order valence-corrected chi connectivity index (χ0v) is 32.2. The number of carbonyl (C=O) groups excluding carboxylic acids is 3. The average molecular weight is 713 g/mol. The number of carbonyl (C=O) groups is 4. The number of ketones is 1. The number of carboxylic acids is 1. The first kappa shape index (κ1) is 41.3. The number of rotatable bonds is 20. The molecular weight excluding hydrogens is 653 g/mol. The normalized spacial score (nSPS) is 18.9. The molecule has 2 N–H and O–H groups in total. The molecule has 1 aliphatic heterocycles. The highest BCUT2D eigenvalue weighted by atomic mass is 32.1. The summed E-state index contributed by atoms with van der Waals surface area (Å²) in [4.78, 5) is 61.5. The first-order chi connectivity index (χ1) is 23.8. The molecule has 0 spiro atoms. The molecule has 11 heteroatoms. The zero-order valence-electron chi connectivity index (χ0n) is 31.4. The summed E-state index contributed by atoms with van der Waals surface area (Å²) in [5.74, 6) is -2.00. The van der Waals surface area contributed by atoms with Crippen molar-refractivity contribution < 1.29 is 29.0 Å². The molecule has 2 aromatic rings. The first-order valence-corrected chi connectivity index (χ1v) is 19.3. The second-order valence-corrected chi connectivity index (χ2v) is 15.4. The number of hydrogen-bond acceptors (Lipinski definition) is 8. The Morgan fingerprint density at radius 1 is 1.08 bits per heavy atom. The number of benzene rings is 1. The highest BCUT2D eigenvalue weighted by molar-refractivity contribution is 7.09. The summed E-state index contributed by atoms with van der Waals surface area (Å²) in [5, 5.41) is 14.9. The van der Waals surface area contributed by atoms with Crippen LogP contribution in [0.5, 0.6) is 0 Å². The molecule has 50 heavy (non-hydrogen) atoms. The summed E-state index contributed by atoms with van der Waals surface area (Å²) in [5.41, 5.74) is 1.26. The lowest BCUT2D eigenvalue weighted by Crippen LogP contribution is -2.48. The van der Waals surface area contributed by atoms with Gasteiger partial charge in [-0.25, -0.2) is 4.98 Å². The number of thiazole rings is 1. The third-order valence-electron chi connectivity index (χ3n) is 10.4. The van der Waals surface area contributed by atoms with Gasteiger partial charge in [-0.1, -0.05) is 77.8 Å². The number of likely N-dealkylation sites (tertiary alicyclic amines) is 1. The maximum absolute atomic E-state index is 14.2. The van der Waals surface area contributed by atoms with Crippen molar-refractivity contribution in [3.05, 3.63) is 52.0 Å². The Hall–Kier alpha value is -3.15. The van der Waals surface area contributed by atoms with Crippen LogP contribution in [0.25, 0.3) is 0 Å². The highest BCUT2D eigenvalue weighted by Crippen LogP contribution is 2.32. The quantitative estimate of drug-likeness (QED) is 0.156. The number of likely N-dealkylation sites (N-methyl/N-ethyl adjacent to an activating group) is 1. The number of ether oxygens (including phenoxy) is 1. The number of hydrogen-bond donors (Lipinski definition) is 2. The molecule has 7 atom stereocenters. The lowest BCUT2D eigenvalue weighted by Gasteiger charge is -2.37. The molecule has 1 fully saturated rings. The van der Waals surface area contributed by atoms with Crippen LogP contribution in [-0.4, -0.2) is 88.8 Å². The fourth-order valence-corrected chi connectivity index (χ4v) is 7.89. The van der Waals surface area contributed by atoms with E-state index in [-0.39, 0.29) is 60.1 Å². The summed E-state index contributed by atoms with van der Waals surface area (Å²) in [6, 6.07) is 8.98. The lowest BCUT2D eigenvalue weighted by atomic mass is 9.83. The van der Waals surface area contributed by atoms with E-state index in [0.717, 1.165) is 37.8 Å². The predicted molar refractivity (Wildman–Crippen MR) is 198 cm³/mol. The molecule has 278 valence electrons. The van der Waals surface area contributed by atoms with E-state index in [1.807, 2.05) is 56.3 Å². The lowest BCUT2D eigenvalue weighted by molar-refractivity contribution is -0.143. The maximum Gasteiger partial charge on any atom is 0.306 e. The molecule has 0 radical (unpaired) electrons. The van der Waals surface area contributed by atoms with Gasteiger partial charge in [0, 0.05) is 49.9 Å². The molecule has 1 aromatic heterocycles. The molecular formula is C39H60N4O6S. The van der Waals surface area contributed by atoms with Crippen molar-refractivity contribution in [3.8, 4) is 0 Å². The molecule has 1 saturated heterocycles. The van der Waals surface area contributed by atoms with E-state index in [1.165, 1.54) is 11.3 Å². The van der Waals surface area contributed by atoms with E-state index in [2.05, 4.69) is 37.9 Å². The topological polar surface area (TPSA) is 129 Å². The van der Waals surface area contributed by atoms with Gasteiger partial charge >= 0.3 is 5.97 Å². The van der Waals surface area contributed by atoms with E-state index in [4.69, 9.17) is 9.72 Å². The number of aliphatic carboxylic acids is 1. The monoisotopic (exact) mass is 712 g/mol. The number of nitrogens with one attached hydrogen (secondary N) is 1. The molecule has 2 amide bonds.